The van der Waals surface area contributed by atoms with Crippen LogP contribution in [0.4, 0.5) is 0 Å². The number of piperidine rings is 1. The van der Waals surface area contributed by atoms with Crippen LogP contribution in [0.5, 0.6) is 5.75 Å². The summed E-state index contributed by atoms with van der Waals surface area (Å²) in [6.07, 6.45) is 3.48. The van der Waals surface area contributed by atoms with Gasteiger partial charge in [-0.1, -0.05) is 36.4 Å². The molecule has 3 aromatic rings. The first kappa shape index (κ1) is 19.6. The Kier molecular flexibility index (Phi) is 5.05. The topological polar surface area (TPSA) is 57.9 Å². The minimum atomic E-state index is -0.518. The van der Waals surface area contributed by atoms with Crippen LogP contribution >= 0.6 is 0 Å². The molecule has 0 saturated carbocycles. The predicted molar refractivity (Wildman–Crippen MR) is 118 cm³/mol. The highest BCUT2D eigenvalue weighted by Crippen LogP contribution is 2.44. The van der Waals surface area contributed by atoms with E-state index >= 15 is 0 Å². The zero-order valence-corrected chi connectivity index (χ0v) is 17.5. The van der Waals surface area contributed by atoms with Gasteiger partial charge in [-0.3, -0.25) is 0 Å². The molecule has 1 spiro atoms. The third-order valence-electron chi connectivity index (χ3n) is 6.89. The minimum absolute atomic E-state index is 0.298. The number of likely N-dealkylation sites (tertiary alicyclic amines) is 1. The van der Waals surface area contributed by atoms with Crippen molar-refractivity contribution in [2.24, 2.45) is 0 Å². The van der Waals surface area contributed by atoms with Gasteiger partial charge >= 0.3 is 0 Å². The zero-order valence-electron chi connectivity index (χ0n) is 17.5. The quantitative estimate of drug-likeness (QED) is 0.686. The monoisotopic (exact) mass is 406 g/mol. The first-order valence-electron chi connectivity index (χ1n) is 11.0. The number of para-hydroxylation sites is 2. The van der Waals surface area contributed by atoms with Crippen molar-refractivity contribution >= 4 is 10.9 Å². The second-order valence-corrected chi connectivity index (χ2v) is 8.75. The summed E-state index contributed by atoms with van der Waals surface area (Å²) in [6.45, 7) is 5.35. The van der Waals surface area contributed by atoms with Crippen molar-refractivity contribution in [3.8, 4) is 5.75 Å². The third kappa shape index (κ3) is 3.41. The van der Waals surface area contributed by atoms with E-state index in [2.05, 4.69) is 34.7 Å². The second-order valence-electron chi connectivity index (χ2n) is 8.75. The summed E-state index contributed by atoms with van der Waals surface area (Å²) in [5.74, 6) is 0.817. The Hall–Kier alpha value is -2.34. The molecule has 0 aliphatic carbocycles. The lowest BCUT2D eigenvalue weighted by atomic mass is 9.81. The van der Waals surface area contributed by atoms with Crippen LogP contribution in [0.25, 0.3) is 10.9 Å². The molecule has 3 heterocycles. The number of nitrogens with zero attached hydrogens (tertiary/aromatic N) is 2. The molecule has 158 valence electrons. The van der Waals surface area contributed by atoms with Crippen molar-refractivity contribution < 1.29 is 14.9 Å². The average Bonchev–Trinajstić information content (AvgIpc) is 3.15. The van der Waals surface area contributed by atoms with Crippen LogP contribution in [-0.2, 0) is 6.54 Å². The Bertz CT molecular complexity index is 1040. The first-order chi connectivity index (χ1) is 14.6. The number of aromatic nitrogens is 1. The van der Waals surface area contributed by atoms with E-state index in [9.17, 15) is 10.2 Å². The largest absolute Gasteiger partial charge is 0.487 e. The summed E-state index contributed by atoms with van der Waals surface area (Å²) < 4.78 is 8.59. The Balaban J connectivity index is 1.27. The van der Waals surface area contributed by atoms with Crippen molar-refractivity contribution in [1.29, 1.82) is 0 Å². The number of β-amino-alcohol motifs (C(OH)–C–C–N with tert-alkyl or cyclic N) is 1. The maximum absolute atomic E-state index is 11.0. The summed E-state index contributed by atoms with van der Waals surface area (Å²) in [5, 5.41) is 22.8. The van der Waals surface area contributed by atoms with Crippen molar-refractivity contribution in [2.75, 3.05) is 19.6 Å². The summed E-state index contributed by atoms with van der Waals surface area (Å²) in [5.41, 5.74) is 2.78. The van der Waals surface area contributed by atoms with Crippen LogP contribution in [-0.4, -0.2) is 44.9 Å². The molecule has 2 atom stereocenters. The number of fused-ring (bicyclic) bond motifs is 2. The average molecular weight is 407 g/mol. The number of hydrogen-bond acceptors (Lipinski definition) is 4. The van der Waals surface area contributed by atoms with Gasteiger partial charge in [0.05, 0.1) is 12.2 Å². The highest BCUT2D eigenvalue weighted by molar-refractivity contribution is 5.84. The van der Waals surface area contributed by atoms with E-state index in [1.807, 2.05) is 36.4 Å². The lowest BCUT2D eigenvalue weighted by Crippen LogP contribution is -2.51. The van der Waals surface area contributed by atoms with Crippen LogP contribution in [0.15, 0.2) is 54.7 Å². The molecule has 2 aliphatic heterocycles. The molecule has 1 aromatic heterocycles. The fraction of sp³-hybridized carbons (Fsp3) is 0.440. The molecule has 1 fully saturated rings. The second kappa shape index (κ2) is 7.73. The van der Waals surface area contributed by atoms with Gasteiger partial charge in [-0.2, -0.15) is 0 Å². The Morgan fingerprint density at radius 2 is 1.83 bits per heavy atom. The SMILES string of the molecule is CCn1cc([C@H](O)CN2CCC3(CC2)C[C@@H](O)c2ccccc2O3)c2ccccc21. The lowest BCUT2D eigenvalue weighted by Gasteiger charge is -2.46. The van der Waals surface area contributed by atoms with E-state index in [0.29, 0.717) is 13.0 Å². The number of benzene rings is 2. The van der Waals surface area contributed by atoms with Crippen LogP contribution in [0, 0.1) is 0 Å². The zero-order chi connectivity index (χ0) is 20.7. The molecule has 5 rings (SSSR count). The maximum atomic E-state index is 11.0. The van der Waals surface area contributed by atoms with E-state index in [4.69, 9.17) is 4.74 Å². The number of aliphatic hydroxyl groups is 2. The summed E-state index contributed by atoms with van der Waals surface area (Å²) in [7, 11) is 0. The fourth-order valence-corrected chi connectivity index (χ4v) is 5.18. The van der Waals surface area contributed by atoms with Gasteiger partial charge in [-0.15, -0.1) is 0 Å². The molecule has 2 aromatic carbocycles. The molecule has 0 unspecified atom stereocenters. The number of aliphatic hydroxyl groups excluding tert-OH is 2. The van der Waals surface area contributed by atoms with Crippen LogP contribution in [0.1, 0.15) is 49.5 Å². The predicted octanol–water partition coefficient (Wildman–Crippen LogP) is 4.05. The number of rotatable bonds is 4. The molecule has 30 heavy (non-hydrogen) atoms. The Morgan fingerprint density at radius 1 is 1.10 bits per heavy atom. The first-order valence-corrected chi connectivity index (χ1v) is 11.0. The highest BCUT2D eigenvalue weighted by Gasteiger charge is 2.43. The van der Waals surface area contributed by atoms with Crippen molar-refractivity contribution in [2.45, 2.75) is 50.5 Å². The van der Waals surface area contributed by atoms with E-state index < -0.39 is 12.2 Å². The highest BCUT2D eigenvalue weighted by atomic mass is 16.5. The molecular weight excluding hydrogens is 376 g/mol. The molecule has 2 N–H and O–H groups in total. The van der Waals surface area contributed by atoms with E-state index in [1.165, 1.54) is 5.52 Å². The van der Waals surface area contributed by atoms with Gasteiger partial charge in [0, 0.05) is 60.8 Å². The van der Waals surface area contributed by atoms with Gasteiger partial charge in [-0.25, -0.2) is 0 Å². The van der Waals surface area contributed by atoms with Gasteiger partial charge in [0.2, 0.25) is 0 Å². The standard InChI is InChI=1S/C25H30N2O3/c1-2-27-16-20(18-7-3-5-9-21(18)27)23(29)17-26-13-11-25(12-14-26)15-22(28)19-8-4-6-10-24(19)30-25/h3-10,16,22-23,28-29H,2,11-15,17H2,1H3/t22-,23-/m1/s1. The van der Waals surface area contributed by atoms with Gasteiger partial charge in [0.15, 0.2) is 0 Å². The molecule has 5 nitrogen and oxygen atoms in total. The van der Waals surface area contributed by atoms with E-state index in [1.54, 1.807) is 0 Å². The summed E-state index contributed by atoms with van der Waals surface area (Å²) >= 11 is 0. The van der Waals surface area contributed by atoms with Gasteiger partial charge in [-0.05, 0) is 31.9 Å². The maximum Gasteiger partial charge on any atom is 0.125 e. The smallest absolute Gasteiger partial charge is 0.125 e. The minimum Gasteiger partial charge on any atom is -0.487 e. The molecule has 0 bridgehead atoms. The summed E-state index contributed by atoms with van der Waals surface area (Å²) in [6, 6.07) is 16.1. The summed E-state index contributed by atoms with van der Waals surface area (Å²) in [4.78, 5) is 2.32. The number of hydrogen-bond donors (Lipinski definition) is 2. The van der Waals surface area contributed by atoms with E-state index in [-0.39, 0.29) is 5.60 Å². The van der Waals surface area contributed by atoms with Crippen LogP contribution < -0.4 is 4.74 Å². The number of ether oxygens (including phenoxy) is 1. The number of aryl methyl sites for hydroxylation is 1. The van der Waals surface area contributed by atoms with Crippen LogP contribution in [0.2, 0.25) is 0 Å². The fourth-order valence-electron chi connectivity index (χ4n) is 5.18. The molecular formula is C25H30N2O3. The van der Waals surface area contributed by atoms with Gasteiger partial charge in [0.25, 0.3) is 0 Å². The third-order valence-corrected chi connectivity index (χ3v) is 6.89. The molecule has 5 heteroatoms. The van der Waals surface area contributed by atoms with Crippen molar-refractivity contribution in [3.63, 3.8) is 0 Å². The normalized spacial score (nSPS) is 22.0. The van der Waals surface area contributed by atoms with Crippen LogP contribution in [0.3, 0.4) is 0 Å². The van der Waals surface area contributed by atoms with Crippen molar-refractivity contribution in [3.05, 3.63) is 65.9 Å². The van der Waals surface area contributed by atoms with Gasteiger partial charge in [0.1, 0.15) is 11.4 Å². The molecule has 1 saturated heterocycles. The van der Waals surface area contributed by atoms with Gasteiger partial charge < -0.3 is 24.4 Å². The van der Waals surface area contributed by atoms with Crippen molar-refractivity contribution in [1.82, 2.24) is 9.47 Å². The molecule has 2 aliphatic rings. The lowest BCUT2D eigenvalue weighted by molar-refractivity contribution is -0.0587. The van der Waals surface area contributed by atoms with E-state index in [0.717, 1.165) is 54.7 Å². The molecule has 0 radical (unpaired) electrons. The Morgan fingerprint density at radius 3 is 2.63 bits per heavy atom. The molecule has 0 amide bonds. The Labute approximate surface area is 177 Å².